The Hall–Kier alpha value is -2.10. The van der Waals surface area contributed by atoms with Gasteiger partial charge in [0.1, 0.15) is 5.82 Å². The molecule has 1 aliphatic carbocycles. The monoisotopic (exact) mass is 445 g/mol. The lowest BCUT2D eigenvalue weighted by molar-refractivity contribution is -0.343. The molecule has 2 aromatic rings. The minimum atomic E-state index is -0.151. The van der Waals surface area contributed by atoms with Gasteiger partial charge in [-0.25, -0.2) is 9.45 Å². The molecule has 166 valence electrons. The summed E-state index contributed by atoms with van der Waals surface area (Å²) in [6.07, 6.45) is 3.59. The van der Waals surface area contributed by atoms with Crippen LogP contribution in [-0.2, 0) is 16.9 Å². The number of hydrogen-bond donors (Lipinski definition) is 0. The van der Waals surface area contributed by atoms with Crippen LogP contribution >= 0.6 is 11.8 Å². The van der Waals surface area contributed by atoms with Crippen LogP contribution in [0, 0.1) is 11.2 Å². The normalized spacial score (nSPS) is 25.7. The molecule has 1 aromatic carbocycles. The van der Waals surface area contributed by atoms with Gasteiger partial charge < -0.3 is 14.4 Å². The summed E-state index contributed by atoms with van der Waals surface area (Å²) in [6.45, 7) is 5.34. The van der Waals surface area contributed by atoms with Crippen molar-refractivity contribution in [1.29, 1.82) is 0 Å². The fraction of sp³-hybridized carbons (Fsp3) is 0.545. The first-order valence-electron chi connectivity index (χ1n) is 10.8. The third-order valence-electron chi connectivity index (χ3n) is 6.85. The Kier molecular flexibility index (Phi) is 5.44. The Bertz CT molecular complexity index is 994. The van der Waals surface area contributed by atoms with Crippen LogP contribution in [0.15, 0.2) is 35.1 Å². The van der Waals surface area contributed by atoms with Crippen LogP contribution in [-0.4, -0.2) is 57.2 Å². The second-order valence-electron chi connectivity index (χ2n) is 8.83. The van der Waals surface area contributed by atoms with E-state index in [0.717, 1.165) is 42.7 Å². The molecule has 5 rings (SSSR count). The van der Waals surface area contributed by atoms with Crippen molar-refractivity contribution in [2.24, 2.45) is 12.5 Å². The van der Waals surface area contributed by atoms with Gasteiger partial charge in [-0.3, -0.25) is 0 Å². The third-order valence-corrected chi connectivity index (χ3v) is 7.95. The smallest absolute Gasteiger partial charge is 0.233 e. The molecule has 2 unspecified atom stereocenters. The molecule has 3 heterocycles. The maximum atomic E-state index is 13.2. The lowest BCUT2D eigenvalue weighted by atomic mass is 9.98. The predicted molar refractivity (Wildman–Crippen MR) is 116 cm³/mol. The van der Waals surface area contributed by atoms with Gasteiger partial charge in [-0.2, -0.15) is 0 Å². The number of hydrogen-bond acceptors (Lipinski definition) is 7. The van der Waals surface area contributed by atoms with E-state index >= 15 is 0 Å². The van der Waals surface area contributed by atoms with Crippen molar-refractivity contribution in [3.05, 3.63) is 47.2 Å². The first-order valence-corrected chi connectivity index (χ1v) is 11.7. The summed E-state index contributed by atoms with van der Waals surface area (Å²) < 4.78 is 15.2. The highest BCUT2D eigenvalue weighted by molar-refractivity contribution is 7.99. The highest BCUT2D eigenvalue weighted by Crippen LogP contribution is 2.64. The zero-order chi connectivity index (χ0) is 21.6. The average Bonchev–Trinajstić information content (AvgIpc) is 2.98. The first-order chi connectivity index (χ1) is 15.0. The van der Waals surface area contributed by atoms with E-state index < -0.39 is 0 Å². The summed E-state index contributed by atoms with van der Waals surface area (Å²) in [5, 5.41) is 11.0. The van der Waals surface area contributed by atoms with Crippen LogP contribution in [0.2, 0.25) is 0 Å². The molecule has 0 bridgehead atoms. The second kappa shape index (κ2) is 8.11. The molecule has 1 aromatic heterocycles. The number of thioether (sulfide) groups is 1. The summed E-state index contributed by atoms with van der Waals surface area (Å²) in [4.78, 5) is 12.9. The quantitative estimate of drug-likeness (QED) is 0.365. The number of allylic oxidation sites excluding steroid dienone is 1. The summed E-state index contributed by atoms with van der Waals surface area (Å²) >= 11 is 1.72. The molecule has 1 saturated heterocycles. The van der Waals surface area contributed by atoms with Crippen LogP contribution in [0.5, 0.6) is 0 Å². The van der Waals surface area contributed by atoms with E-state index in [1.807, 2.05) is 30.7 Å². The van der Waals surface area contributed by atoms with Crippen molar-refractivity contribution in [2.75, 3.05) is 32.4 Å². The van der Waals surface area contributed by atoms with Gasteiger partial charge in [-0.1, -0.05) is 28.9 Å². The van der Waals surface area contributed by atoms with Crippen LogP contribution in [0.25, 0.3) is 5.76 Å². The molecule has 0 radical (unpaired) electrons. The van der Waals surface area contributed by atoms with Crippen molar-refractivity contribution >= 4 is 17.5 Å². The number of rotatable bonds is 7. The molecule has 7 nitrogen and oxygen atoms in total. The number of nitrogens with zero attached hydrogens (tertiary/aromatic N) is 5. The van der Waals surface area contributed by atoms with Gasteiger partial charge in [0.2, 0.25) is 11.6 Å². The first kappa shape index (κ1) is 20.8. The zero-order valence-corrected chi connectivity index (χ0v) is 19.0. The Morgan fingerprint density at radius 1 is 1.23 bits per heavy atom. The van der Waals surface area contributed by atoms with Crippen molar-refractivity contribution < 1.29 is 14.3 Å². The molecule has 1 saturated carbocycles. The van der Waals surface area contributed by atoms with E-state index in [2.05, 4.69) is 15.1 Å². The van der Waals surface area contributed by atoms with Crippen LogP contribution in [0.1, 0.15) is 43.5 Å². The van der Waals surface area contributed by atoms with E-state index in [1.165, 1.54) is 18.4 Å². The lowest BCUT2D eigenvalue weighted by Gasteiger charge is -2.16. The highest BCUT2D eigenvalue weighted by Gasteiger charge is 2.57. The fourth-order valence-electron chi connectivity index (χ4n) is 4.78. The van der Waals surface area contributed by atoms with Crippen molar-refractivity contribution in [1.82, 2.24) is 24.7 Å². The van der Waals surface area contributed by atoms with Gasteiger partial charge in [0.25, 0.3) is 0 Å². The van der Waals surface area contributed by atoms with E-state index in [1.54, 1.807) is 36.0 Å². The van der Waals surface area contributed by atoms with Crippen molar-refractivity contribution in [3.63, 3.8) is 0 Å². The van der Waals surface area contributed by atoms with Crippen molar-refractivity contribution in [3.8, 4) is 0 Å². The minimum absolute atomic E-state index is 0.151. The summed E-state index contributed by atoms with van der Waals surface area (Å²) in [7, 11) is 3.74. The van der Waals surface area contributed by atoms with Gasteiger partial charge in [0.15, 0.2) is 5.16 Å². The molecular weight excluding hydrogens is 417 g/mol. The van der Waals surface area contributed by atoms with Crippen LogP contribution in [0.4, 0.5) is 4.39 Å². The molecule has 3 aliphatic rings. The second-order valence-corrected chi connectivity index (χ2v) is 9.90. The molecule has 0 N–H and O–H groups in total. The van der Waals surface area contributed by atoms with Gasteiger partial charge in [-0.05, 0) is 68.3 Å². The maximum absolute atomic E-state index is 13.2. The summed E-state index contributed by atoms with van der Waals surface area (Å²) in [6, 6.07) is 7.10. The average molecular weight is 446 g/mol. The molecule has 2 atom stereocenters. The molecule has 9 heteroatoms. The predicted octanol–water partition coefficient (Wildman–Crippen LogP) is 3.81. The molecule has 2 fully saturated rings. The van der Waals surface area contributed by atoms with E-state index in [-0.39, 0.29) is 5.82 Å². The standard InChI is InChI=1S/C22H28FN5O2S/c1-15-19(29-30-27(15)3)20-24-25-21(26(20)2)31-12-4-10-28-11-9-22(14-28)13-18(22)16-5-7-17(23)8-6-16/h5-8,18H,4,9-14H2,1-3H3. The number of likely N-dealkylation sites (tertiary alicyclic amines) is 1. The van der Waals surface area contributed by atoms with Gasteiger partial charge in [0.05, 0.1) is 5.70 Å². The molecule has 31 heavy (non-hydrogen) atoms. The zero-order valence-electron chi connectivity index (χ0n) is 18.2. The molecular formula is C22H28FN5O2S. The number of halogens is 1. The summed E-state index contributed by atoms with van der Waals surface area (Å²) in [5.41, 5.74) is 2.59. The Balaban J connectivity index is 1.09. The van der Waals surface area contributed by atoms with Crippen LogP contribution in [0.3, 0.4) is 0 Å². The lowest BCUT2D eigenvalue weighted by Crippen LogP contribution is -2.23. The van der Waals surface area contributed by atoms with Crippen molar-refractivity contribution in [2.45, 2.75) is 37.3 Å². The Morgan fingerprint density at radius 2 is 2.03 bits per heavy atom. The van der Waals surface area contributed by atoms with Gasteiger partial charge >= 0.3 is 0 Å². The minimum Gasteiger partial charge on any atom is -0.308 e. The Morgan fingerprint density at radius 3 is 2.77 bits per heavy atom. The highest BCUT2D eigenvalue weighted by atomic mass is 32.2. The topological polar surface area (TPSA) is 55.7 Å². The van der Waals surface area contributed by atoms with Gasteiger partial charge in [-0.15, -0.1) is 10.2 Å². The Labute approximate surface area is 186 Å². The van der Waals surface area contributed by atoms with Gasteiger partial charge in [0, 0.05) is 26.4 Å². The van der Waals surface area contributed by atoms with E-state index in [4.69, 9.17) is 9.88 Å². The summed E-state index contributed by atoms with van der Waals surface area (Å²) in [5.74, 6) is 2.72. The SMILES string of the molecule is CC1=C(c2nnc(SCCCN3CCC4(CC4c4ccc(F)cc4)C3)n2C)OON1C. The van der Waals surface area contributed by atoms with E-state index in [0.29, 0.717) is 22.9 Å². The third kappa shape index (κ3) is 3.94. The number of aromatic nitrogens is 3. The molecule has 2 aliphatic heterocycles. The number of benzene rings is 1. The fourth-order valence-corrected chi connectivity index (χ4v) is 5.62. The molecule has 0 amide bonds. The van der Waals surface area contributed by atoms with Crippen LogP contribution < -0.4 is 0 Å². The molecule has 1 spiro atoms. The van der Waals surface area contributed by atoms with E-state index in [9.17, 15) is 4.39 Å². The maximum Gasteiger partial charge on any atom is 0.233 e. The largest absolute Gasteiger partial charge is 0.308 e. The number of hydroxylamine groups is 2.